The number of ether oxygens (including phenoxy) is 2. The predicted octanol–water partition coefficient (Wildman–Crippen LogP) is 8.01. The van der Waals surface area contributed by atoms with Gasteiger partial charge in [0.15, 0.2) is 0 Å². The first-order chi connectivity index (χ1) is 18.3. The molecule has 38 heavy (non-hydrogen) atoms. The van der Waals surface area contributed by atoms with Crippen molar-refractivity contribution >= 4 is 61.4 Å². The fraction of sp³-hybridized carbons (Fsp3) is 0.179. The average molecular weight is 565 g/mol. The van der Waals surface area contributed by atoms with Crippen molar-refractivity contribution in [1.82, 2.24) is 4.37 Å². The van der Waals surface area contributed by atoms with Gasteiger partial charge in [-0.1, -0.05) is 42.5 Å². The van der Waals surface area contributed by atoms with Crippen LogP contribution in [-0.2, 0) is 16.0 Å². The Morgan fingerprint density at radius 2 is 1.74 bits per heavy atom. The van der Waals surface area contributed by atoms with Crippen molar-refractivity contribution in [2.75, 3.05) is 12.4 Å². The molecule has 2 aromatic carbocycles. The van der Waals surface area contributed by atoms with Crippen LogP contribution in [-0.4, -0.2) is 28.7 Å². The van der Waals surface area contributed by atoms with E-state index in [0.717, 1.165) is 40.9 Å². The summed E-state index contributed by atoms with van der Waals surface area (Å²) in [6.45, 7) is 3.71. The van der Waals surface area contributed by atoms with E-state index in [0.29, 0.717) is 17.0 Å². The van der Waals surface area contributed by atoms with Crippen LogP contribution in [0, 0.1) is 6.92 Å². The van der Waals surface area contributed by atoms with E-state index in [-0.39, 0.29) is 12.5 Å². The minimum absolute atomic E-state index is 0.0876. The quantitative estimate of drug-likeness (QED) is 0.198. The zero-order valence-corrected chi connectivity index (χ0v) is 23.3. The van der Waals surface area contributed by atoms with Crippen LogP contribution in [0.25, 0.3) is 29.6 Å². The highest BCUT2D eigenvalue weighted by molar-refractivity contribution is 7.32. The lowest BCUT2D eigenvalue weighted by Crippen LogP contribution is -2.16. The van der Waals surface area contributed by atoms with E-state index < -0.39 is 12.1 Å². The minimum atomic E-state index is -0.897. The van der Waals surface area contributed by atoms with Gasteiger partial charge in [0.2, 0.25) is 0 Å². The van der Waals surface area contributed by atoms with E-state index >= 15 is 0 Å². The highest BCUT2D eigenvalue weighted by Crippen LogP contribution is 2.46. The molecule has 7 nitrogen and oxygen atoms in total. The largest absolute Gasteiger partial charge is 0.496 e. The van der Waals surface area contributed by atoms with Crippen molar-refractivity contribution in [2.24, 2.45) is 0 Å². The molecule has 1 unspecified atom stereocenters. The summed E-state index contributed by atoms with van der Waals surface area (Å²) < 4.78 is 17.7. The van der Waals surface area contributed by atoms with Crippen LogP contribution in [0.2, 0.25) is 0 Å². The van der Waals surface area contributed by atoms with Gasteiger partial charge in [-0.3, -0.25) is 10.1 Å². The van der Waals surface area contributed by atoms with Crippen molar-refractivity contribution in [3.05, 3.63) is 77.5 Å². The van der Waals surface area contributed by atoms with Crippen LogP contribution in [0.4, 0.5) is 10.5 Å². The molecule has 0 fully saturated rings. The summed E-state index contributed by atoms with van der Waals surface area (Å²) in [5, 5.41) is 12.0. The smallest absolute Gasteiger partial charge is 0.412 e. The number of benzene rings is 2. The average Bonchev–Trinajstić information content (AvgIpc) is 3.58. The van der Waals surface area contributed by atoms with E-state index in [9.17, 15) is 9.59 Å². The van der Waals surface area contributed by atoms with Crippen LogP contribution in [0.1, 0.15) is 29.8 Å². The molecule has 5 rings (SSSR count). The number of rotatable bonds is 8. The van der Waals surface area contributed by atoms with Gasteiger partial charge in [-0.2, -0.15) is 4.37 Å². The number of aromatic nitrogens is 1. The molecule has 3 aromatic heterocycles. The van der Waals surface area contributed by atoms with Crippen LogP contribution in [0.15, 0.2) is 60.7 Å². The number of carboxylic acid groups (broad SMARTS) is 1. The summed E-state index contributed by atoms with van der Waals surface area (Å²) in [4.78, 5) is 26.8. The third-order valence-electron chi connectivity index (χ3n) is 5.99. The number of hydrogen-bond donors (Lipinski definition) is 2. The van der Waals surface area contributed by atoms with Gasteiger partial charge < -0.3 is 14.6 Å². The summed E-state index contributed by atoms with van der Waals surface area (Å²) in [7, 11) is 1.55. The number of hydrogen-bond acceptors (Lipinski definition) is 8. The lowest BCUT2D eigenvalue weighted by molar-refractivity contribution is -0.136. The first-order valence-corrected chi connectivity index (χ1v) is 14.1. The maximum atomic E-state index is 12.7. The zero-order valence-electron chi connectivity index (χ0n) is 20.8. The third-order valence-corrected chi connectivity index (χ3v) is 9.45. The minimum Gasteiger partial charge on any atom is -0.496 e. The molecule has 10 heteroatoms. The number of carboxylic acids is 1. The van der Waals surface area contributed by atoms with Crippen molar-refractivity contribution in [3.8, 4) is 25.9 Å². The Morgan fingerprint density at radius 1 is 1.03 bits per heavy atom. The number of aliphatic carboxylic acids is 1. The molecule has 2 N–H and O–H groups in total. The van der Waals surface area contributed by atoms with Crippen LogP contribution >= 0.6 is 34.2 Å². The molecule has 5 aromatic rings. The summed E-state index contributed by atoms with van der Waals surface area (Å²) in [5.74, 6) is -0.335. The SMILES string of the molecule is COc1cc(-c2cc3sc(-c4snc(C)c4NC(=O)OC(C)c4ccccc4)cc3s2)ccc1CC(=O)O. The highest BCUT2D eigenvalue weighted by Gasteiger charge is 2.21. The maximum Gasteiger partial charge on any atom is 0.412 e. The van der Waals surface area contributed by atoms with Crippen molar-refractivity contribution in [3.63, 3.8) is 0 Å². The van der Waals surface area contributed by atoms with Gasteiger partial charge in [-0.15, -0.1) is 22.7 Å². The van der Waals surface area contributed by atoms with E-state index in [1.165, 1.54) is 11.5 Å². The molecular weight excluding hydrogens is 541 g/mol. The van der Waals surface area contributed by atoms with Gasteiger partial charge in [0.25, 0.3) is 0 Å². The predicted molar refractivity (Wildman–Crippen MR) is 154 cm³/mol. The van der Waals surface area contributed by atoms with Crippen molar-refractivity contribution in [1.29, 1.82) is 0 Å². The number of nitrogens with one attached hydrogen (secondary N) is 1. The highest BCUT2D eigenvalue weighted by atomic mass is 32.1. The molecule has 0 bridgehead atoms. The zero-order chi connectivity index (χ0) is 26.8. The summed E-state index contributed by atoms with van der Waals surface area (Å²) >= 11 is 4.63. The molecule has 0 aliphatic heterocycles. The Labute approximate surface area is 231 Å². The second-order valence-corrected chi connectivity index (χ2v) is 11.5. The molecular formula is C28H24N2O5S3. The Hall–Kier alpha value is -3.73. The third kappa shape index (κ3) is 5.42. The number of aryl methyl sites for hydroxylation is 1. The van der Waals surface area contributed by atoms with Crippen LogP contribution in [0.5, 0.6) is 5.75 Å². The molecule has 3 heterocycles. The number of fused-ring (bicyclic) bond motifs is 1. The van der Waals surface area contributed by atoms with Crippen LogP contribution in [0.3, 0.4) is 0 Å². The number of carbonyl (C=O) groups is 2. The van der Waals surface area contributed by atoms with Crippen LogP contribution < -0.4 is 10.1 Å². The number of carbonyl (C=O) groups excluding carboxylic acids is 1. The first-order valence-electron chi connectivity index (χ1n) is 11.7. The van der Waals surface area contributed by atoms with Crippen molar-refractivity contribution in [2.45, 2.75) is 26.4 Å². The molecule has 194 valence electrons. The Kier molecular flexibility index (Phi) is 7.46. The van der Waals surface area contributed by atoms with Gasteiger partial charge in [-0.25, -0.2) is 4.79 Å². The molecule has 0 aliphatic carbocycles. The van der Waals surface area contributed by atoms with E-state index in [1.54, 1.807) is 35.8 Å². The van der Waals surface area contributed by atoms with Gasteiger partial charge in [0.05, 0.1) is 34.7 Å². The number of anilines is 1. The van der Waals surface area contributed by atoms with E-state index in [2.05, 4.69) is 21.8 Å². The number of nitrogens with zero attached hydrogens (tertiary/aromatic N) is 1. The first kappa shape index (κ1) is 25.9. The summed E-state index contributed by atoms with van der Waals surface area (Å²) in [6, 6.07) is 19.4. The van der Waals surface area contributed by atoms with E-state index in [4.69, 9.17) is 14.6 Å². The summed E-state index contributed by atoms with van der Waals surface area (Å²) in [6.07, 6.45) is -0.990. The van der Waals surface area contributed by atoms with Gasteiger partial charge in [0, 0.05) is 19.8 Å². The van der Waals surface area contributed by atoms with Crippen molar-refractivity contribution < 1.29 is 24.2 Å². The Morgan fingerprint density at radius 3 is 2.45 bits per heavy atom. The molecule has 0 spiro atoms. The second-order valence-electron chi connectivity index (χ2n) is 8.60. The van der Waals surface area contributed by atoms with E-state index in [1.807, 2.05) is 56.3 Å². The second kappa shape index (κ2) is 10.9. The maximum absolute atomic E-state index is 12.7. The number of methoxy groups -OCH3 is 1. The lowest BCUT2D eigenvalue weighted by atomic mass is 10.1. The van der Waals surface area contributed by atoms with Gasteiger partial charge in [-0.05, 0) is 54.7 Å². The molecule has 1 atom stereocenters. The fourth-order valence-corrected chi connectivity index (χ4v) is 7.40. The Balaban J connectivity index is 1.36. The van der Waals surface area contributed by atoms with Gasteiger partial charge >= 0.3 is 12.1 Å². The standard InChI is InChI=1S/C28H24N2O5S3/c1-15-26(29-28(33)35-16(2)17-7-5-4-6-8-17)27(38-30-15)24-14-23-22(37-24)13-21(36-23)19-10-9-18(12-25(31)32)20(11-19)34-3/h4-11,13-14,16H,12H2,1-3H3,(H,29,33)(H,31,32). The molecule has 0 saturated carbocycles. The molecule has 0 aliphatic rings. The number of amides is 1. The summed E-state index contributed by atoms with van der Waals surface area (Å²) in [5.41, 5.74) is 3.93. The normalized spacial score (nSPS) is 11.9. The number of thiophene rings is 2. The fourth-order valence-electron chi connectivity index (χ4n) is 4.07. The molecule has 0 saturated heterocycles. The molecule has 1 amide bonds. The topological polar surface area (TPSA) is 97.8 Å². The monoisotopic (exact) mass is 564 g/mol. The lowest BCUT2D eigenvalue weighted by Gasteiger charge is -2.14. The van der Waals surface area contributed by atoms with Gasteiger partial charge in [0.1, 0.15) is 11.9 Å². The Bertz CT molecular complexity index is 1590. The molecule has 0 radical (unpaired) electrons.